The van der Waals surface area contributed by atoms with E-state index in [4.69, 9.17) is 10.5 Å². The molecule has 1 atom stereocenters. The normalized spacial score (nSPS) is 21.7. The molecule has 1 aromatic rings. The molecular weight excluding hydrogens is 197 g/mol. The molecule has 0 aromatic carbocycles. The van der Waals surface area contributed by atoms with Gasteiger partial charge in [0, 0.05) is 19.6 Å². The van der Waals surface area contributed by atoms with Crippen molar-refractivity contribution < 1.29 is 9.13 Å². The Labute approximate surface area is 87.8 Å². The Morgan fingerprint density at radius 2 is 2.47 bits per heavy atom. The maximum Gasteiger partial charge on any atom is 0.141 e. The summed E-state index contributed by atoms with van der Waals surface area (Å²) in [4.78, 5) is 6.08. The van der Waals surface area contributed by atoms with Crippen molar-refractivity contribution in [3.05, 3.63) is 24.1 Å². The Bertz CT molecular complexity index is 317. The van der Waals surface area contributed by atoms with Crippen LogP contribution in [0.1, 0.15) is 0 Å². The summed E-state index contributed by atoms with van der Waals surface area (Å²) < 4.78 is 18.1. The number of hydrogen-bond donors (Lipinski definition) is 1. The molecule has 0 aliphatic carbocycles. The maximum absolute atomic E-state index is 12.7. The number of halogens is 1. The van der Waals surface area contributed by atoms with Gasteiger partial charge in [-0.05, 0) is 12.1 Å². The van der Waals surface area contributed by atoms with E-state index in [2.05, 4.69) is 9.88 Å². The monoisotopic (exact) mass is 211 g/mol. The lowest BCUT2D eigenvalue weighted by Gasteiger charge is -2.33. The molecule has 2 N–H and O–H groups in total. The van der Waals surface area contributed by atoms with Crippen LogP contribution in [0.3, 0.4) is 0 Å². The maximum atomic E-state index is 12.7. The third kappa shape index (κ3) is 2.43. The zero-order valence-electron chi connectivity index (χ0n) is 8.40. The van der Waals surface area contributed by atoms with E-state index in [-0.39, 0.29) is 11.9 Å². The van der Waals surface area contributed by atoms with Gasteiger partial charge in [-0.3, -0.25) is 0 Å². The summed E-state index contributed by atoms with van der Waals surface area (Å²) in [6.07, 6.45) is 1.27. The number of pyridine rings is 1. The van der Waals surface area contributed by atoms with E-state index in [9.17, 15) is 4.39 Å². The van der Waals surface area contributed by atoms with E-state index >= 15 is 0 Å². The fourth-order valence-corrected chi connectivity index (χ4v) is 1.63. The average molecular weight is 211 g/mol. The number of ether oxygens (including phenoxy) is 1. The van der Waals surface area contributed by atoms with Gasteiger partial charge in [-0.2, -0.15) is 0 Å². The van der Waals surface area contributed by atoms with E-state index in [0.717, 1.165) is 18.9 Å². The van der Waals surface area contributed by atoms with E-state index in [1.165, 1.54) is 12.3 Å². The van der Waals surface area contributed by atoms with Crippen LogP contribution in [-0.4, -0.2) is 37.3 Å². The number of nitrogens with zero attached hydrogens (tertiary/aromatic N) is 2. The van der Waals surface area contributed by atoms with Gasteiger partial charge in [-0.25, -0.2) is 9.37 Å². The first kappa shape index (κ1) is 10.3. The highest BCUT2D eigenvalue weighted by atomic mass is 19.1. The molecule has 1 saturated heterocycles. The second-order valence-corrected chi connectivity index (χ2v) is 3.51. The molecule has 1 fully saturated rings. The van der Waals surface area contributed by atoms with Crippen LogP contribution in [0.25, 0.3) is 0 Å². The molecule has 2 heterocycles. The average Bonchev–Trinajstić information content (AvgIpc) is 2.30. The molecule has 1 unspecified atom stereocenters. The first-order valence-electron chi connectivity index (χ1n) is 4.98. The highest BCUT2D eigenvalue weighted by molar-refractivity contribution is 5.38. The molecule has 1 aliphatic heterocycles. The zero-order valence-corrected chi connectivity index (χ0v) is 8.40. The van der Waals surface area contributed by atoms with Crippen molar-refractivity contribution in [2.75, 3.05) is 31.1 Å². The van der Waals surface area contributed by atoms with Gasteiger partial charge in [-0.15, -0.1) is 0 Å². The highest BCUT2D eigenvalue weighted by Gasteiger charge is 2.19. The lowest BCUT2D eigenvalue weighted by Crippen LogP contribution is -2.46. The minimum absolute atomic E-state index is 0.0469. The first-order valence-corrected chi connectivity index (χ1v) is 4.98. The van der Waals surface area contributed by atoms with Crippen molar-refractivity contribution in [2.45, 2.75) is 6.10 Å². The Morgan fingerprint density at radius 1 is 1.60 bits per heavy atom. The van der Waals surface area contributed by atoms with Crippen LogP contribution in [0.2, 0.25) is 0 Å². The zero-order chi connectivity index (χ0) is 10.7. The Morgan fingerprint density at radius 3 is 3.13 bits per heavy atom. The summed E-state index contributed by atoms with van der Waals surface area (Å²) in [5.41, 5.74) is 5.54. The van der Waals surface area contributed by atoms with E-state index in [0.29, 0.717) is 13.2 Å². The van der Waals surface area contributed by atoms with Crippen LogP contribution in [-0.2, 0) is 4.74 Å². The molecule has 82 valence electrons. The Kier molecular flexibility index (Phi) is 3.13. The van der Waals surface area contributed by atoms with Crippen LogP contribution in [0.15, 0.2) is 18.3 Å². The van der Waals surface area contributed by atoms with Crippen molar-refractivity contribution in [2.24, 2.45) is 5.73 Å². The molecule has 0 amide bonds. The summed E-state index contributed by atoms with van der Waals surface area (Å²) in [5, 5.41) is 0. The van der Waals surface area contributed by atoms with Crippen LogP contribution < -0.4 is 10.6 Å². The molecule has 0 spiro atoms. The van der Waals surface area contributed by atoms with Gasteiger partial charge in [-0.1, -0.05) is 0 Å². The lowest BCUT2D eigenvalue weighted by atomic mass is 10.2. The van der Waals surface area contributed by atoms with Gasteiger partial charge in [0.25, 0.3) is 0 Å². The molecule has 1 aromatic heterocycles. The summed E-state index contributed by atoms with van der Waals surface area (Å²) in [6.45, 7) is 2.63. The molecule has 0 bridgehead atoms. The summed E-state index contributed by atoms with van der Waals surface area (Å²) in [5.74, 6) is 0.459. The lowest BCUT2D eigenvalue weighted by molar-refractivity contribution is 0.0463. The molecule has 2 rings (SSSR count). The predicted molar refractivity (Wildman–Crippen MR) is 55.2 cm³/mol. The van der Waals surface area contributed by atoms with Crippen molar-refractivity contribution in [3.8, 4) is 0 Å². The van der Waals surface area contributed by atoms with Gasteiger partial charge < -0.3 is 15.4 Å². The molecular formula is C10H14FN3O. The quantitative estimate of drug-likeness (QED) is 0.768. The number of hydrogen-bond acceptors (Lipinski definition) is 4. The number of aromatic nitrogens is 1. The van der Waals surface area contributed by atoms with E-state index < -0.39 is 0 Å². The number of morpholine rings is 1. The SMILES string of the molecule is NCC1CN(c2ccc(F)cn2)CCO1. The van der Waals surface area contributed by atoms with Crippen molar-refractivity contribution >= 4 is 5.82 Å². The molecule has 4 nitrogen and oxygen atoms in total. The summed E-state index contributed by atoms with van der Waals surface area (Å²) in [7, 11) is 0. The number of nitrogens with two attached hydrogens (primary N) is 1. The Hall–Kier alpha value is -1.20. The van der Waals surface area contributed by atoms with Crippen LogP contribution in [0.5, 0.6) is 0 Å². The highest BCUT2D eigenvalue weighted by Crippen LogP contribution is 2.14. The third-order valence-corrected chi connectivity index (χ3v) is 2.44. The van der Waals surface area contributed by atoms with Gasteiger partial charge in [0.15, 0.2) is 0 Å². The van der Waals surface area contributed by atoms with Crippen LogP contribution >= 0.6 is 0 Å². The standard InChI is InChI=1S/C10H14FN3O/c11-8-1-2-10(13-6-8)14-3-4-15-9(5-12)7-14/h1-2,6,9H,3-5,7,12H2. The fraction of sp³-hybridized carbons (Fsp3) is 0.500. The van der Waals surface area contributed by atoms with Gasteiger partial charge in [0.2, 0.25) is 0 Å². The number of anilines is 1. The third-order valence-electron chi connectivity index (χ3n) is 2.44. The Balaban J connectivity index is 2.06. The fourth-order valence-electron chi connectivity index (χ4n) is 1.63. The van der Waals surface area contributed by atoms with Crippen molar-refractivity contribution in [1.82, 2.24) is 4.98 Å². The molecule has 5 heteroatoms. The number of rotatable bonds is 2. The minimum atomic E-state index is -0.317. The second kappa shape index (κ2) is 4.55. The topological polar surface area (TPSA) is 51.4 Å². The van der Waals surface area contributed by atoms with Gasteiger partial charge in [0.05, 0.1) is 18.9 Å². The molecule has 15 heavy (non-hydrogen) atoms. The molecule has 0 radical (unpaired) electrons. The molecule has 1 aliphatic rings. The largest absolute Gasteiger partial charge is 0.373 e. The van der Waals surface area contributed by atoms with Crippen LogP contribution in [0.4, 0.5) is 10.2 Å². The van der Waals surface area contributed by atoms with Gasteiger partial charge >= 0.3 is 0 Å². The second-order valence-electron chi connectivity index (χ2n) is 3.51. The van der Waals surface area contributed by atoms with Crippen molar-refractivity contribution in [1.29, 1.82) is 0 Å². The van der Waals surface area contributed by atoms with Gasteiger partial charge in [0.1, 0.15) is 11.6 Å². The predicted octanol–water partition coefficient (Wildman–Crippen LogP) is 0.385. The van der Waals surface area contributed by atoms with E-state index in [1.807, 2.05) is 0 Å². The first-order chi connectivity index (χ1) is 7.29. The van der Waals surface area contributed by atoms with Crippen molar-refractivity contribution in [3.63, 3.8) is 0 Å². The molecule has 0 saturated carbocycles. The summed E-state index contributed by atoms with van der Waals surface area (Å²) >= 11 is 0. The summed E-state index contributed by atoms with van der Waals surface area (Å²) in [6, 6.07) is 3.09. The van der Waals surface area contributed by atoms with Crippen LogP contribution in [0, 0.1) is 5.82 Å². The van der Waals surface area contributed by atoms with E-state index in [1.54, 1.807) is 6.07 Å². The smallest absolute Gasteiger partial charge is 0.141 e. The minimum Gasteiger partial charge on any atom is -0.373 e.